The van der Waals surface area contributed by atoms with Crippen molar-refractivity contribution in [2.45, 2.75) is 32.3 Å². The zero-order chi connectivity index (χ0) is 19.5. The predicted molar refractivity (Wildman–Crippen MR) is 95.7 cm³/mol. The molecule has 138 valence electrons. The predicted octanol–water partition coefficient (Wildman–Crippen LogP) is 5.03. The molecular weight excluding hydrogens is 340 g/mol. The number of alkyl halides is 2. The second kappa shape index (κ2) is 7.23. The number of ether oxygens (including phenoxy) is 1. The summed E-state index contributed by atoms with van der Waals surface area (Å²) in [4.78, 5) is 25.4. The fourth-order valence-corrected chi connectivity index (χ4v) is 2.23. The first-order valence-electron chi connectivity index (χ1n) is 8.07. The average molecular weight is 361 g/mol. The number of Topliss-reactive ketones (excluding diaryl/α,β-unsaturated/α-hetero) is 1. The molecule has 0 spiro atoms. The van der Waals surface area contributed by atoms with Crippen LogP contribution in [0.25, 0.3) is 0 Å². The van der Waals surface area contributed by atoms with E-state index in [1.165, 1.54) is 48.3 Å². The van der Waals surface area contributed by atoms with Gasteiger partial charge in [-0.1, -0.05) is 42.5 Å². The van der Waals surface area contributed by atoms with Crippen LogP contribution in [0.5, 0.6) is 0 Å². The van der Waals surface area contributed by atoms with E-state index in [1.54, 1.807) is 26.8 Å². The highest BCUT2D eigenvalue weighted by atomic mass is 19.3. The van der Waals surface area contributed by atoms with Crippen LogP contribution in [-0.2, 0) is 10.7 Å². The molecule has 0 N–H and O–H groups in total. The number of ketones is 1. The number of carbonyl (C=O) groups is 2. The van der Waals surface area contributed by atoms with Crippen molar-refractivity contribution in [1.82, 2.24) is 0 Å². The molecule has 26 heavy (non-hydrogen) atoms. The zero-order valence-electron chi connectivity index (χ0n) is 15.1. The van der Waals surface area contributed by atoms with Gasteiger partial charge in [0.25, 0.3) is 0 Å². The fourth-order valence-electron chi connectivity index (χ4n) is 2.23. The molecule has 0 saturated heterocycles. The third-order valence-corrected chi connectivity index (χ3v) is 3.61. The van der Waals surface area contributed by atoms with E-state index in [9.17, 15) is 18.4 Å². The number of halogens is 2. The summed E-state index contributed by atoms with van der Waals surface area (Å²) in [5, 5.41) is 0. The molecule has 0 heterocycles. The summed E-state index contributed by atoms with van der Waals surface area (Å²) in [6, 6.07) is 12.4. The third-order valence-electron chi connectivity index (χ3n) is 3.61. The van der Waals surface area contributed by atoms with E-state index in [4.69, 9.17) is 4.74 Å². The molecule has 2 aromatic carbocycles. The van der Waals surface area contributed by atoms with Crippen LogP contribution in [-0.4, -0.2) is 24.5 Å². The van der Waals surface area contributed by atoms with Gasteiger partial charge in [-0.2, -0.15) is 8.78 Å². The van der Waals surface area contributed by atoms with Gasteiger partial charge in [-0.3, -0.25) is 9.69 Å². The molecule has 0 aromatic heterocycles. The minimum Gasteiger partial charge on any atom is -0.443 e. The molecule has 0 fully saturated rings. The first kappa shape index (κ1) is 19.6. The second-order valence-corrected chi connectivity index (χ2v) is 6.86. The Kier molecular flexibility index (Phi) is 5.44. The van der Waals surface area contributed by atoms with Crippen LogP contribution in [0.3, 0.4) is 0 Å². The maximum Gasteiger partial charge on any atom is 0.414 e. The molecule has 0 atom stereocenters. The lowest BCUT2D eigenvalue weighted by Crippen LogP contribution is -2.34. The molecule has 0 aliphatic carbocycles. The Bertz CT molecular complexity index is 781. The molecule has 0 unspecified atom stereocenters. The van der Waals surface area contributed by atoms with Gasteiger partial charge in [-0.25, -0.2) is 4.79 Å². The number of nitrogens with zero attached hydrogens (tertiary/aromatic N) is 1. The van der Waals surface area contributed by atoms with Gasteiger partial charge < -0.3 is 4.74 Å². The van der Waals surface area contributed by atoms with Gasteiger partial charge in [0.15, 0.2) is 0 Å². The number of carbonyl (C=O) groups excluding carboxylic acids is 2. The van der Waals surface area contributed by atoms with Crippen molar-refractivity contribution < 1.29 is 23.1 Å². The van der Waals surface area contributed by atoms with Crippen LogP contribution in [0.2, 0.25) is 0 Å². The lowest BCUT2D eigenvalue weighted by atomic mass is 9.98. The molecule has 1 amide bonds. The Morgan fingerprint density at radius 2 is 1.46 bits per heavy atom. The number of rotatable bonds is 4. The summed E-state index contributed by atoms with van der Waals surface area (Å²) in [5.74, 6) is -4.93. The first-order valence-corrected chi connectivity index (χ1v) is 8.07. The molecule has 0 bridgehead atoms. The van der Waals surface area contributed by atoms with E-state index in [0.29, 0.717) is 5.69 Å². The van der Waals surface area contributed by atoms with E-state index in [2.05, 4.69) is 0 Å². The number of anilines is 1. The average Bonchev–Trinajstić information content (AvgIpc) is 2.59. The minimum atomic E-state index is -3.66. The first-order chi connectivity index (χ1) is 12.0. The highest BCUT2D eigenvalue weighted by Gasteiger charge is 2.41. The van der Waals surface area contributed by atoms with Crippen molar-refractivity contribution in [3.8, 4) is 0 Å². The number of hydrogen-bond acceptors (Lipinski definition) is 3. The smallest absolute Gasteiger partial charge is 0.414 e. The third kappa shape index (κ3) is 4.45. The molecule has 0 radical (unpaired) electrons. The molecule has 2 aromatic rings. The van der Waals surface area contributed by atoms with Crippen LogP contribution in [0.4, 0.5) is 19.3 Å². The molecule has 0 aliphatic rings. The lowest BCUT2D eigenvalue weighted by Gasteiger charge is -2.25. The summed E-state index contributed by atoms with van der Waals surface area (Å²) in [5.41, 5.74) is -0.786. The summed E-state index contributed by atoms with van der Waals surface area (Å²) >= 11 is 0. The Balaban J connectivity index is 2.20. The van der Waals surface area contributed by atoms with Gasteiger partial charge in [0.2, 0.25) is 5.78 Å². The lowest BCUT2D eigenvalue weighted by molar-refractivity contribution is 0.00743. The van der Waals surface area contributed by atoms with Crippen LogP contribution >= 0.6 is 0 Å². The topological polar surface area (TPSA) is 46.6 Å². The molecular formula is C20H21F2NO3. The summed E-state index contributed by atoms with van der Waals surface area (Å²) in [7, 11) is 1.48. The van der Waals surface area contributed by atoms with Gasteiger partial charge in [-0.05, 0) is 32.9 Å². The zero-order valence-corrected chi connectivity index (χ0v) is 15.1. The summed E-state index contributed by atoms with van der Waals surface area (Å²) < 4.78 is 34.2. The SMILES string of the molecule is CN(C(=O)OC(C)(C)C)c1ccc(C(F)(F)C(=O)c2ccccc2)cc1. The number of amides is 1. The van der Waals surface area contributed by atoms with Gasteiger partial charge in [0.05, 0.1) is 0 Å². The number of hydrogen-bond donors (Lipinski definition) is 0. The summed E-state index contributed by atoms with van der Waals surface area (Å²) in [6.07, 6.45) is -0.600. The van der Waals surface area contributed by atoms with Crippen LogP contribution < -0.4 is 4.90 Å². The van der Waals surface area contributed by atoms with Gasteiger partial charge in [-0.15, -0.1) is 0 Å². The van der Waals surface area contributed by atoms with E-state index >= 15 is 0 Å². The van der Waals surface area contributed by atoms with E-state index in [-0.39, 0.29) is 5.56 Å². The Morgan fingerprint density at radius 3 is 1.96 bits per heavy atom. The van der Waals surface area contributed by atoms with Crippen molar-refractivity contribution in [1.29, 1.82) is 0 Å². The molecule has 4 nitrogen and oxygen atoms in total. The van der Waals surface area contributed by atoms with E-state index in [1.807, 2.05) is 0 Å². The second-order valence-electron chi connectivity index (χ2n) is 6.86. The van der Waals surface area contributed by atoms with Crippen molar-refractivity contribution >= 4 is 17.6 Å². The Morgan fingerprint density at radius 1 is 0.923 bits per heavy atom. The maximum absolute atomic E-state index is 14.5. The van der Waals surface area contributed by atoms with Gasteiger partial charge in [0, 0.05) is 23.9 Å². The van der Waals surface area contributed by atoms with E-state index < -0.39 is 29.0 Å². The quantitative estimate of drug-likeness (QED) is 0.718. The highest BCUT2D eigenvalue weighted by molar-refractivity contribution is 6.01. The van der Waals surface area contributed by atoms with Crippen molar-refractivity contribution in [2.24, 2.45) is 0 Å². The summed E-state index contributed by atoms with van der Waals surface area (Å²) in [6.45, 7) is 5.20. The van der Waals surface area contributed by atoms with Crippen molar-refractivity contribution in [2.75, 3.05) is 11.9 Å². The number of benzene rings is 2. The van der Waals surface area contributed by atoms with Crippen molar-refractivity contribution in [3.05, 3.63) is 65.7 Å². The Labute approximate surface area is 151 Å². The van der Waals surface area contributed by atoms with Crippen LogP contribution in [0.1, 0.15) is 36.7 Å². The van der Waals surface area contributed by atoms with Gasteiger partial charge in [0.1, 0.15) is 5.60 Å². The Hall–Kier alpha value is -2.76. The maximum atomic E-state index is 14.5. The molecule has 0 aliphatic heterocycles. The molecule has 6 heteroatoms. The van der Waals surface area contributed by atoms with Crippen LogP contribution in [0.15, 0.2) is 54.6 Å². The van der Waals surface area contributed by atoms with Crippen molar-refractivity contribution in [3.63, 3.8) is 0 Å². The van der Waals surface area contributed by atoms with E-state index in [0.717, 1.165) is 12.1 Å². The molecule has 0 saturated carbocycles. The molecule has 2 rings (SSSR count). The standard InChI is InChI=1S/C20H21F2NO3/c1-19(2,3)26-18(25)23(4)16-12-10-15(11-13-16)20(21,22)17(24)14-8-6-5-7-9-14/h5-13H,1-4H3. The highest BCUT2D eigenvalue weighted by Crippen LogP contribution is 2.33. The normalized spacial score (nSPS) is 11.8. The monoisotopic (exact) mass is 361 g/mol. The minimum absolute atomic E-state index is 0.0625. The fraction of sp³-hybridized carbons (Fsp3) is 0.300. The largest absolute Gasteiger partial charge is 0.443 e. The van der Waals surface area contributed by atoms with Gasteiger partial charge >= 0.3 is 12.0 Å². The van der Waals surface area contributed by atoms with Crippen LogP contribution in [0, 0.1) is 0 Å².